The minimum Gasteiger partial charge on any atom is -0.379 e. The molecule has 1 saturated heterocycles. The number of aliphatic hydroxyl groups is 1. The fourth-order valence-corrected chi connectivity index (χ4v) is 4.48. The first-order valence-electron chi connectivity index (χ1n) is 8.49. The van der Waals surface area contributed by atoms with Gasteiger partial charge in [-0.05, 0) is 13.0 Å². The van der Waals surface area contributed by atoms with E-state index in [1.54, 1.807) is 6.92 Å². The minimum atomic E-state index is -3.86. The van der Waals surface area contributed by atoms with E-state index in [9.17, 15) is 13.5 Å². The summed E-state index contributed by atoms with van der Waals surface area (Å²) >= 11 is 0. The Morgan fingerprint density at radius 2 is 2.07 bits per heavy atom. The smallest absolute Gasteiger partial charge is 0.260 e. The van der Waals surface area contributed by atoms with Crippen molar-refractivity contribution in [1.29, 1.82) is 0 Å². The molecule has 0 aromatic carbocycles. The third-order valence-electron chi connectivity index (χ3n) is 4.69. The van der Waals surface area contributed by atoms with E-state index >= 15 is 0 Å². The Labute approximate surface area is 155 Å². The summed E-state index contributed by atoms with van der Waals surface area (Å²) in [7, 11) is -3.86. The van der Waals surface area contributed by atoms with Crippen LogP contribution in [-0.2, 0) is 15.6 Å². The molecular formula is C16H19N5O5S. The lowest BCUT2D eigenvalue weighted by molar-refractivity contribution is 0.0194. The Kier molecular flexibility index (Phi) is 4.05. The molecule has 0 bridgehead atoms. The van der Waals surface area contributed by atoms with Gasteiger partial charge in [-0.15, -0.1) is 0 Å². The Morgan fingerprint density at radius 3 is 2.78 bits per heavy atom. The molecule has 144 valence electrons. The highest BCUT2D eigenvalue weighted by atomic mass is 32.2. The molecule has 1 N–H and O–H groups in total. The lowest BCUT2D eigenvalue weighted by Crippen LogP contribution is -2.34. The van der Waals surface area contributed by atoms with E-state index in [-0.39, 0.29) is 41.9 Å². The SMILES string of the molecule is Cc1noc2ncc(S(=O)(=O)N3CC[C@](O)(c4nc(C(C)C)no4)C3)cc12. The number of hydrogen-bond acceptors (Lipinski definition) is 9. The summed E-state index contributed by atoms with van der Waals surface area (Å²) in [6, 6.07) is 1.48. The Bertz CT molecular complexity index is 1110. The second-order valence-corrected chi connectivity index (χ2v) is 8.96. The molecule has 3 aromatic rings. The van der Waals surface area contributed by atoms with Crippen molar-refractivity contribution < 1.29 is 22.6 Å². The summed E-state index contributed by atoms with van der Waals surface area (Å²) in [4.78, 5) is 8.25. The van der Waals surface area contributed by atoms with Crippen molar-refractivity contribution in [3.63, 3.8) is 0 Å². The van der Waals surface area contributed by atoms with Gasteiger partial charge in [-0.25, -0.2) is 13.4 Å². The van der Waals surface area contributed by atoms with Gasteiger partial charge in [-0.2, -0.15) is 9.29 Å². The maximum absolute atomic E-state index is 13.0. The van der Waals surface area contributed by atoms with E-state index in [2.05, 4.69) is 20.3 Å². The first-order valence-corrected chi connectivity index (χ1v) is 9.93. The quantitative estimate of drug-likeness (QED) is 0.696. The number of hydrogen-bond donors (Lipinski definition) is 1. The summed E-state index contributed by atoms with van der Waals surface area (Å²) in [5.41, 5.74) is -0.686. The summed E-state index contributed by atoms with van der Waals surface area (Å²) < 4.78 is 37.4. The lowest BCUT2D eigenvalue weighted by atomic mass is 10.0. The molecule has 27 heavy (non-hydrogen) atoms. The number of fused-ring (bicyclic) bond motifs is 1. The molecule has 4 heterocycles. The van der Waals surface area contributed by atoms with Gasteiger partial charge in [0.05, 0.1) is 23.8 Å². The first-order chi connectivity index (χ1) is 12.7. The van der Waals surface area contributed by atoms with Gasteiger partial charge in [0.1, 0.15) is 4.90 Å². The predicted octanol–water partition coefficient (Wildman–Crippen LogP) is 1.32. The van der Waals surface area contributed by atoms with E-state index in [1.165, 1.54) is 16.6 Å². The zero-order chi connectivity index (χ0) is 19.4. The number of nitrogens with zero attached hydrogens (tertiary/aromatic N) is 5. The van der Waals surface area contributed by atoms with Crippen LogP contribution in [0.4, 0.5) is 0 Å². The van der Waals surface area contributed by atoms with E-state index in [1.807, 2.05) is 13.8 Å². The highest BCUT2D eigenvalue weighted by molar-refractivity contribution is 7.89. The zero-order valence-electron chi connectivity index (χ0n) is 15.1. The molecule has 0 aliphatic carbocycles. The van der Waals surface area contributed by atoms with Gasteiger partial charge >= 0.3 is 0 Å². The standard InChI is InChI=1S/C16H19N5O5S/c1-9(2)13-18-15(26-20-13)16(22)4-5-21(8-16)27(23,24)11-6-12-10(3)19-25-14(12)17-7-11/h6-7,9,22H,4-5,8H2,1-3H3/t16-/m1/s1. The average molecular weight is 393 g/mol. The fourth-order valence-electron chi connectivity index (χ4n) is 3.01. The normalized spacial score (nSPS) is 21.5. The monoisotopic (exact) mass is 393 g/mol. The number of aryl methyl sites for hydroxylation is 1. The van der Waals surface area contributed by atoms with Crippen LogP contribution in [0.25, 0.3) is 11.1 Å². The predicted molar refractivity (Wildman–Crippen MR) is 92.2 cm³/mol. The van der Waals surface area contributed by atoms with E-state index in [4.69, 9.17) is 9.05 Å². The van der Waals surface area contributed by atoms with Crippen LogP contribution in [0.5, 0.6) is 0 Å². The van der Waals surface area contributed by atoms with Crippen LogP contribution in [0.2, 0.25) is 0 Å². The Balaban J connectivity index is 1.63. The Hall–Kier alpha value is -2.37. The summed E-state index contributed by atoms with van der Waals surface area (Å²) in [6.45, 7) is 5.47. The largest absolute Gasteiger partial charge is 0.379 e. The number of pyridine rings is 1. The summed E-state index contributed by atoms with van der Waals surface area (Å²) in [6.07, 6.45) is 1.39. The molecule has 0 radical (unpaired) electrons. The van der Waals surface area contributed by atoms with Gasteiger partial charge in [0.2, 0.25) is 10.0 Å². The van der Waals surface area contributed by atoms with Crippen LogP contribution in [-0.4, -0.2) is 51.2 Å². The Morgan fingerprint density at radius 1 is 1.30 bits per heavy atom. The van der Waals surface area contributed by atoms with Crippen molar-refractivity contribution in [2.45, 2.75) is 43.6 Å². The van der Waals surface area contributed by atoms with Crippen molar-refractivity contribution in [2.24, 2.45) is 0 Å². The number of rotatable bonds is 4. The topological polar surface area (TPSA) is 135 Å². The molecule has 0 unspecified atom stereocenters. The summed E-state index contributed by atoms with van der Waals surface area (Å²) in [5.74, 6) is 0.543. The second kappa shape index (κ2) is 6.08. The number of β-amino-alcohol motifs (C(OH)–C–C–N with tert-alkyl or cyclic N) is 1. The average Bonchev–Trinajstić information content (AvgIpc) is 3.34. The van der Waals surface area contributed by atoms with E-state index in [0.717, 1.165) is 0 Å². The van der Waals surface area contributed by atoms with Crippen LogP contribution >= 0.6 is 0 Å². The molecule has 10 nitrogen and oxygen atoms in total. The molecular weight excluding hydrogens is 374 g/mol. The highest BCUT2D eigenvalue weighted by Crippen LogP contribution is 2.35. The van der Waals surface area contributed by atoms with E-state index < -0.39 is 15.6 Å². The van der Waals surface area contributed by atoms with Crippen LogP contribution in [0, 0.1) is 6.92 Å². The second-order valence-electron chi connectivity index (χ2n) is 7.02. The third-order valence-corrected chi connectivity index (χ3v) is 6.50. The zero-order valence-corrected chi connectivity index (χ0v) is 15.9. The molecule has 4 rings (SSSR count). The van der Waals surface area contributed by atoms with Gasteiger partial charge in [0.25, 0.3) is 11.6 Å². The highest BCUT2D eigenvalue weighted by Gasteiger charge is 2.47. The van der Waals surface area contributed by atoms with Crippen LogP contribution in [0.3, 0.4) is 0 Å². The molecule has 0 spiro atoms. The van der Waals surface area contributed by atoms with Crippen molar-refractivity contribution in [1.82, 2.24) is 24.6 Å². The summed E-state index contributed by atoms with van der Waals surface area (Å²) in [5, 5.41) is 19.0. The van der Waals surface area contributed by atoms with Gasteiger partial charge in [0, 0.05) is 18.9 Å². The fraction of sp³-hybridized carbons (Fsp3) is 0.500. The molecule has 0 saturated carbocycles. The van der Waals surface area contributed by atoms with Gasteiger partial charge in [0.15, 0.2) is 11.4 Å². The lowest BCUT2D eigenvalue weighted by Gasteiger charge is -2.19. The molecule has 1 atom stereocenters. The van der Waals surface area contributed by atoms with Crippen LogP contribution in [0.15, 0.2) is 26.2 Å². The molecule has 0 amide bonds. The molecule has 1 fully saturated rings. The molecule has 3 aromatic heterocycles. The van der Waals surface area contributed by atoms with Crippen molar-refractivity contribution >= 4 is 21.1 Å². The number of aromatic nitrogens is 4. The molecule has 1 aliphatic rings. The third kappa shape index (κ3) is 2.91. The van der Waals surface area contributed by atoms with Crippen LogP contribution in [0.1, 0.15) is 43.6 Å². The van der Waals surface area contributed by atoms with Gasteiger partial charge in [-0.3, -0.25) is 0 Å². The van der Waals surface area contributed by atoms with Crippen LogP contribution < -0.4 is 0 Å². The molecule has 11 heteroatoms. The first kappa shape index (κ1) is 18.0. The van der Waals surface area contributed by atoms with Crippen molar-refractivity contribution in [3.8, 4) is 0 Å². The van der Waals surface area contributed by atoms with Crippen molar-refractivity contribution in [3.05, 3.63) is 29.7 Å². The van der Waals surface area contributed by atoms with Gasteiger partial charge < -0.3 is 14.2 Å². The van der Waals surface area contributed by atoms with Crippen molar-refractivity contribution in [2.75, 3.05) is 13.1 Å². The van der Waals surface area contributed by atoms with E-state index in [0.29, 0.717) is 16.9 Å². The maximum atomic E-state index is 13.0. The number of sulfonamides is 1. The minimum absolute atomic E-state index is 0.0129. The molecule has 1 aliphatic heterocycles. The maximum Gasteiger partial charge on any atom is 0.260 e. The van der Waals surface area contributed by atoms with Gasteiger partial charge in [-0.1, -0.05) is 24.2 Å².